The second-order valence-electron chi connectivity index (χ2n) is 6.79. The van der Waals surface area contributed by atoms with E-state index in [9.17, 15) is 19.2 Å². The quantitative estimate of drug-likeness (QED) is 0.477. The number of amides is 1. The fourth-order valence-electron chi connectivity index (χ4n) is 3.04. The van der Waals surface area contributed by atoms with Crippen molar-refractivity contribution in [3.63, 3.8) is 0 Å². The summed E-state index contributed by atoms with van der Waals surface area (Å²) in [5.41, 5.74) is 0. The normalized spacial score (nSPS) is 25.1. The van der Waals surface area contributed by atoms with Crippen molar-refractivity contribution in [1.29, 1.82) is 0 Å². The van der Waals surface area contributed by atoms with Crippen LogP contribution in [0.4, 0.5) is 0 Å². The Morgan fingerprint density at radius 3 is 2.03 bits per heavy atom. The molecule has 10 nitrogen and oxygen atoms in total. The summed E-state index contributed by atoms with van der Waals surface area (Å²) in [6.07, 6.45) is -4.58. The zero-order valence-corrected chi connectivity index (χ0v) is 18.2. The van der Waals surface area contributed by atoms with Crippen molar-refractivity contribution in [3.05, 3.63) is 29.3 Å². The SMILES string of the molecule is CC(=O)N[C@@H]1[C@@H](Oc2ccc(Cl)cc2)O[C@@H](COC(C)=O)[C@@H](OC(C)=O)[C@H]1OC(C)=O. The molecule has 1 saturated heterocycles. The van der Waals surface area contributed by atoms with Crippen LogP contribution in [0.2, 0.25) is 5.02 Å². The van der Waals surface area contributed by atoms with Crippen LogP contribution in [-0.2, 0) is 38.1 Å². The van der Waals surface area contributed by atoms with Gasteiger partial charge in [0, 0.05) is 32.7 Å². The Morgan fingerprint density at radius 2 is 1.52 bits per heavy atom. The molecule has 0 saturated carbocycles. The number of carbonyl (C=O) groups excluding carboxylic acids is 4. The van der Waals surface area contributed by atoms with Crippen LogP contribution in [0.3, 0.4) is 0 Å². The van der Waals surface area contributed by atoms with Crippen LogP contribution in [0.25, 0.3) is 0 Å². The fourth-order valence-corrected chi connectivity index (χ4v) is 3.16. The van der Waals surface area contributed by atoms with Gasteiger partial charge >= 0.3 is 17.9 Å². The summed E-state index contributed by atoms with van der Waals surface area (Å²) in [4.78, 5) is 46.7. The number of hydrogen-bond donors (Lipinski definition) is 1. The highest BCUT2D eigenvalue weighted by Gasteiger charge is 2.51. The number of esters is 3. The summed E-state index contributed by atoms with van der Waals surface area (Å²) in [7, 11) is 0. The van der Waals surface area contributed by atoms with E-state index in [2.05, 4.69) is 5.32 Å². The third-order valence-electron chi connectivity index (χ3n) is 4.14. The monoisotopic (exact) mass is 457 g/mol. The van der Waals surface area contributed by atoms with Gasteiger partial charge in [0.05, 0.1) is 0 Å². The molecule has 0 bridgehead atoms. The van der Waals surface area contributed by atoms with Crippen molar-refractivity contribution < 1.29 is 42.9 Å². The maximum absolute atomic E-state index is 11.9. The van der Waals surface area contributed by atoms with Gasteiger partial charge in [-0.05, 0) is 24.3 Å². The van der Waals surface area contributed by atoms with Gasteiger partial charge in [0.2, 0.25) is 12.2 Å². The van der Waals surface area contributed by atoms with Gasteiger partial charge in [0.1, 0.15) is 24.5 Å². The van der Waals surface area contributed by atoms with Gasteiger partial charge < -0.3 is 29.0 Å². The van der Waals surface area contributed by atoms with Gasteiger partial charge in [-0.15, -0.1) is 0 Å². The average molecular weight is 458 g/mol. The van der Waals surface area contributed by atoms with Crippen molar-refractivity contribution in [2.45, 2.75) is 58.3 Å². The molecule has 1 heterocycles. The maximum atomic E-state index is 11.9. The lowest BCUT2D eigenvalue weighted by Crippen LogP contribution is -2.67. The van der Waals surface area contributed by atoms with Crippen molar-refractivity contribution in [3.8, 4) is 5.75 Å². The predicted octanol–water partition coefficient (Wildman–Crippen LogP) is 1.37. The fraction of sp³-hybridized carbons (Fsp3) is 0.500. The number of rotatable bonds is 7. The molecule has 1 amide bonds. The molecular formula is C20H24ClNO9. The van der Waals surface area contributed by atoms with Crippen molar-refractivity contribution in [2.24, 2.45) is 0 Å². The Hall–Kier alpha value is -2.85. The molecule has 0 spiro atoms. The molecule has 1 aliphatic heterocycles. The topological polar surface area (TPSA) is 126 Å². The Labute approximate surface area is 184 Å². The highest BCUT2D eigenvalue weighted by atomic mass is 35.5. The van der Waals surface area contributed by atoms with Crippen LogP contribution in [0.15, 0.2) is 24.3 Å². The van der Waals surface area contributed by atoms with Crippen molar-refractivity contribution in [1.82, 2.24) is 5.32 Å². The van der Waals surface area contributed by atoms with Gasteiger partial charge in [0.15, 0.2) is 12.2 Å². The second kappa shape index (κ2) is 11.0. The van der Waals surface area contributed by atoms with E-state index in [1.165, 1.54) is 20.8 Å². The first-order valence-corrected chi connectivity index (χ1v) is 9.77. The zero-order valence-electron chi connectivity index (χ0n) is 17.5. The Kier molecular flexibility index (Phi) is 8.64. The van der Waals surface area contributed by atoms with Gasteiger partial charge in [-0.1, -0.05) is 11.6 Å². The standard InChI is InChI=1S/C20H24ClNO9/c1-10(23)22-17-19(29-13(4)26)18(28-12(3)25)16(9-27-11(2)24)31-20(17)30-15-7-5-14(21)6-8-15/h5-8,16-20H,9H2,1-4H3,(H,22,23)/t16-,17-,18+,19-,20-/m0/s1. The third kappa shape index (κ3) is 7.41. The number of benzene rings is 1. The van der Waals surface area contributed by atoms with Gasteiger partial charge in [-0.2, -0.15) is 0 Å². The van der Waals surface area contributed by atoms with E-state index in [4.69, 9.17) is 35.3 Å². The molecule has 0 aliphatic carbocycles. The first kappa shape index (κ1) is 24.4. The summed E-state index contributed by atoms with van der Waals surface area (Å²) >= 11 is 5.90. The number of ether oxygens (including phenoxy) is 5. The van der Waals surface area contributed by atoms with Crippen molar-refractivity contribution in [2.75, 3.05) is 6.61 Å². The van der Waals surface area contributed by atoms with Gasteiger partial charge in [0.25, 0.3) is 0 Å². The second-order valence-corrected chi connectivity index (χ2v) is 7.23. The molecule has 170 valence electrons. The average Bonchev–Trinajstić information content (AvgIpc) is 2.65. The number of carbonyl (C=O) groups is 4. The summed E-state index contributed by atoms with van der Waals surface area (Å²) in [5, 5.41) is 3.10. The molecular weight excluding hydrogens is 434 g/mol. The molecule has 0 radical (unpaired) electrons. The van der Waals surface area contributed by atoms with E-state index < -0.39 is 54.5 Å². The van der Waals surface area contributed by atoms with Crippen LogP contribution in [-0.4, -0.2) is 61.1 Å². The Morgan fingerprint density at radius 1 is 0.935 bits per heavy atom. The summed E-state index contributed by atoms with van der Waals surface area (Å²) in [5.74, 6) is -2.07. The minimum atomic E-state index is -1.18. The highest BCUT2D eigenvalue weighted by molar-refractivity contribution is 6.30. The molecule has 1 N–H and O–H groups in total. The molecule has 1 aromatic carbocycles. The molecule has 11 heteroatoms. The third-order valence-corrected chi connectivity index (χ3v) is 4.39. The number of nitrogens with one attached hydrogen (secondary N) is 1. The summed E-state index contributed by atoms with van der Waals surface area (Å²) in [6.45, 7) is 4.49. The number of hydrogen-bond acceptors (Lipinski definition) is 9. The van der Waals surface area contributed by atoms with Gasteiger partial charge in [-0.3, -0.25) is 19.2 Å². The summed E-state index contributed by atoms with van der Waals surface area (Å²) < 4.78 is 27.5. The molecule has 1 aromatic rings. The Balaban J connectivity index is 2.43. The molecule has 1 fully saturated rings. The zero-order chi connectivity index (χ0) is 23.1. The lowest BCUT2D eigenvalue weighted by atomic mass is 9.96. The summed E-state index contributed by atoms with van der Waals surface area (Å²) in [6, 6.07) is 5.30. The van der Waals surface area contributed by atoms with Crippen LogP contribution in [0.5, 0.6) is 5.75 Å². The van der Waals surface area contributed by atoms with E-state index >= 15 is 0 Å². The molecule has 31 heavy (non-hydrogen) atoms. The van der Waals surface area contributed by atoms with Crippen LogP contribution in [0.1, 0.15) is 27.7 Å². The van der Waals surface area contributed by atoms with Crippen LogP contribution < -0.4 is 10.1 Å². The molecule has 2 rings (SSSR count). The number of halogens is 1. The molecule has 1 aliphatic rings. The van der Waals surface area contributed by atoms with E-state index in [0.29, 0.717) is 10.8 Å². The lowest BCUT2D eigenvalue weighted by Gasteiger charge is -2.44. The van der Waals surface area contributed by atoms with E-state index in [0.717, 1.165) is 6.92 Å². The minimum Gasteiger partial charge on any atom is -0.463 e. The van der Waals surface area contributed by atoms with Crippen molar-refractivity contribution >= 4 is 35.4 Å². The largest absolute Gasteiger partial charge is 0.463 e. The predicted molar refractivity (Wildman–Crippen MR) is 106 cm³/mol. The van der Waals surface area contributed by atoms with E-state index in [-0.39, 0.29) is 6.61 Å². The first-order chi connectivity index (χ1) is 14.6. The molecule has 0 aromatic heterocycles. The smallest absolute Gasteiger partial charge is 0.303 e. The Bertz CT molecular complexity index is 813. The minimum absolute atomic E-state index is 0.307. The van der Waals surface area contributed by atoms with Crippen LogP contribution >= 0.6 is 11.6 Å². The lowest BCUT2D eigenvalue weighted by molar-refractivity contribution is -0.257. The van der Waals surface area contributed by atoms with Gasteiger partial charge in [-0.25, -0.2) is 0 Å². The molecule has 5 atom stereocenters. The maximum Gasteiger partial charge on any atom is 0.303 e. The van der Waals surface area contributed by atoms with E-state index in [1.807, 2.05) is 0 Å². The van der Waals surface area contributed by atoms with Crippen LogP contribution in [0, 0.1) is 0 Å². The first-order valence-electron chi connectivity index (χ1n) is 9.39. The molecule has 0 unspecified atom stereocenters. The van der Waals surface area contributed by atoms with E-state index in [1.54, 1.807) is 24.3 Å². The highest BCUT2D eigenvalue weighted by Crippen LogP contribution is 2.29.